The number of benzene rings is 2. The number of ether oxygens (including phenoxy) is 1. The van der Waals surface area contributed by atoms with E-state index in [4.69, 9.17) is 9.73 Å². The Bertz CT molecular complexity index is 907. The van der Waals surface area contributed by atoms with Crippen LogP contribution in [-0.2, 0) is 13.1 Å². The molecular formula is C22H27IN4O. The third-order valence-electron chi connectivity index (χ3n) is 4.41. The average Bonchev–Trinajstić information content (AvgIpc) is 2.71. The summed E-state index contributed by atoms with van der Waals surface area (Å²) in [6.45, 7) is 4.19. The number of halogens is 1. The molecule has 0 fully saturated rings. The van der Waals surface area contributed by atoms with Crippen molar-refractivity contribution >= 4 is 40.7 Å². The predicted octanol–water partition coefficient (Wildman–Crippen LogP) is 4.46. The minimum absolute atomic E-state index is 0. The summed E-state index contributed by atoms with van der Waals surface area (Å²) >= 11 is 0. The Morgan fingerprint density at radius 1 is 1.11 bits per heavy atom. The maximum Gasteiger partial charge on any atom is 0.194 e. The highest BCUT2D eigenvalue weighted by Gasteiger charge is 2.08. The molecule has 1 N–H and O–H groups in total. The fourth-order valence-corrected chi connectivity index (χ4v) is 3.01. The maximum atomic E-state index is 5.23. The van der Waals surface area contributed by atoms with Crippen LogP contribution in [0, 0.1) is 0 Å². The van der Waals surface area contributed by atoms with Crippen LogP contribution in [0.3, 0.4) is 0 Å². The van der Waals surface area contributed by atoms with Crippen LogP contribution >= 0.6 is 24.0 Å². The lowest BCUT2D eigenvalue weighted by Gasteiger charge is -2.22. The standard InChI is InChI=1S/C22H26N4O.HI/c1-4-23-22(26(2)16-17-9-11-19(27-3)12-10-17)25-15-21-20-8-6-5-7-18(20)13-14-24-21;/h5-14H,4,15-16H2,1-3H3,(H,23,25);1H. The largest absolute Gasteiger partial charge is 0.497 e. The van der Waals surface area contributed by atoms with Gasteiger partial charge in [0.2, 0.25) is 0 Å². The van der Waals surface area contributed by atoms with Crippen LogP contribution in [0.2, 0.25) is 0 Å². The van der Waals surface area contributed by atoms with Crippen molar-refractivity contribution in [3.63, 3.8) is 0 Å². The van der Waals surface area contributed by atoms with Gasteiger partial charge in [-0.3, -0.25) is 4.98 Å². The summed E-state index contributed by atoms with van der Waals surface area (Å²) in [6.07, 6.45) is 1.85. The summed E-state index contributed by atoms with van der Waals surface area (Å²) in [7, 11) is 3.72. The number of nitrogens with one attached hydrogen (secondary N) is 1. The molecule has 2 aromatic carbocycles. The van der Waals surface area contributed by atoms with Crippen LogP contribution in [0.25, 0.3) is 10.8 Å². The molecule has 1 aromatic heterocycles. The second-order valence-electron chi connectivity index (χ2n) is 6.35. The SMILES string of the molecule is CCNC(=NCc1nccc2ccccc12)N(C)Cc1ccc(OC)cc1.I. The summed E-state index contributed by atoms with van der Waals surface area (Å²) in [6, 6.07) is 18.4. The van der Waals surface area contributed by atoms with E-state index in [0.717, 1.165) is 35.9 Å². The van der Waals surface area contributed by atoms with Gasteiger partial charge in [-0.15, -0.1) is 24.0 Å². The molecule has 0 radical (unpaired) electrons. The van der Waals surface area contributed by atoms with E-state index in [0.29, 0.717) is 6.54 Å². The second kappa shape index (κ2) is 10.8. The van der Waals surface area contributed by atoms with Gasteiger partial charge >= 0.3 is 0 Å². The molecule has 0 unspecified atom stereocenters. The van der Waals surface area contributed by atoms with E-state index < -0.39 is 0 Å². The number of hydrogen-bond donors (Lipinski definition) is 1. The van der Waals surface area contributed by atoms with Crippen molar-refractivity contribution in [2.45, 2.75) is 20.0 Å². The Balaban J connectivity index is 0.00000280. The van der Waals surface area contributed by atoms with Gasteiger partial charge in [-0.1, -0.05) is 36.4 Å². The minimum atomic E-state index is 0. The number of methoxy groups -OCH3 is 1. The van der Waals surface area contributed by atoms with Gasteiger partial charge in [-0.25, -0.2) is 4.99 Å². The van der Waals surface area contributed by atoms with Crippen LogP contribution in [0.15, 0.2) is 65.8 Å². The highest BCUT2D eigenvalue weighted by molar-refractivity contribution is 14.0. The molecule has 28 heavy (non-hydrogen) atoms. The first-order valence-electron chi connectivity index (χ1n) is 9.16. The fourth-order valence-electron chi connectivity index (χ4n) is 3.01. The Labute approximate surface area is 183 Å². The van der Waals surface area contributed by atoms with Gasteiger partial charge in [-0.2, -0.15) is 0 Å². The van der Waals surface area contributed by atoms with Gasteiger partial charge in [0.15, 0.2) is 5.96 Å². The van der Waals surface area contributed by atoms with Gasteiger partial charge < -0.3 is 15.0 Å². The number of pyridine rings is 1. The second-order valence-corrected chi connectivity index (χ2v) is 6.35. The van der Waals surface area contributed by atoms with Gasteiger partial charge in [0, 0.05) is 31.7 Å². The normalized spacial score (nSPS) is 11.0. The molecule has 0 aliphatic rings. The zero-order valence-electron chi connectivity index (χ0n) is 16.6. The van der Waals surface area contributed by atoms with Crippen LogP contribution in [0.1, 0.15) is 18.2 Å². The summed E-state index contributed by atoms with van der Waals surface area (Å²) in [5.41, 5.74) is 2.19. The Hall–Kier alpha value is -2.35. The lowest BCUT2D eigenvalue weighted by molar-refractivity contribution is 0.414. The van der Waals surface area contributed by atoms with Gasteiger partial charge in [0.25, 0.3) is 0 Å². The van der Waals surface area contributed by atoms with Crippen LogP contribution in [-0.4, -0.2) is 36.5 Å². The molecule has 0 saturated heterocycles. The molecule has 0 bridgehead atoms. The number of rotatable bonds is 6. The van der Waals surface area contributed by atoms with Crippen LogP contribution < -0.4 is 10.1 Å². The molecule has 0 aliphatic carbocycles. The molecule has 1 heterocycles. The molecule has 0 spiro atoms. The van der Waals surface area contributed by atoms with E-state index in [9.17, 15) is 0 Å². The zero-order valence-corrected chi connectivity index (χ0v) is 18.9. The molecule has 0 amide bonds. The first-order valence-corrected chi connectivity index (χ1v) is 9.16. The monoisotopic (exact) mass is 490 g/mol. The van der Waals surface area contributed by atoms with Crippen molar-refractivity contribution in [3.05, 3.63) is 72.1 Å². The van der Waals surface area contributed by atoms with E-state index in [1.54, 1.807) is 7.11 Å². The Morgan fingerprint density at radius 3 is 2.57 bits per heavy atom. The summed E-state index contributed by atoms with van der Waals surface area (Å²) < 4.78 is 5.23. The third-order valence-corrected chi connectivity index (χ3v) is 4.41. The average molecular weight is 490 g/mol. The predicted molar refractivity (Wildman–Crippen MR) is 126 cm³/mol. The molecule has 148 valence electrons. The molecule has 6 heteroatoms. The summed E-state index contributed by atoms with van der Waals surface area (Å²) in [5, 5.41) is 5.71. The van der Waals surface area contributed by atoms with Gasteiger partial charge in [-0.05, 0) is 36.1 Å². The number of hydrogen-bond acceptors (Lipinski definition) is 3. The molecule has 0 aliphatic heterocycles. The van der Waals surface area contributed by atoms with Gasteiger partial charge in [0.05, 0.1) is 19.3 Å². The molecule has 0 saturated carbocycles. The zero-order chi connectivity index (χ0) is 19.1. The van der Waals surface area contributed by atoms with Crippen molar-refractivity contribution in [1.82, 2.24) is 15.2 Å². The Kier molecular flexibility index (Phi) is 8.50. The smallest absolute Gasteiger partial charge is 0.194 e. The molecule has 0 atom stereocenters. The number of nitrogens with zero attached hydrogens (tertiary/aromatic N) is 3. The Morgan fingerprint density at radius 2 is 1.86 bits per heavy atom. The van der Waals surface area contributed by atoms with E-state index >= 15 is 0 Å². The van der Waals surface area contributed by atoms with Gasteiger partial charge in [0.1, 0.15) is 5.75 Å². The van der Waals surface area contributed by atoms with Crippen molar-refractivity contribution in [3.8, 4) is 5.75 Å². The van der Waals surface area contributed by atoms with E-state index in [1.807, 2.05) is 43.6 Å². The minimum Gasteiger partial charge on any atom is -0.497 e. The summed E-state index contributed by atoms with van der Waals surface area (Å²) in [4.78, 5) is 11.5. The number of fused-ring (bicyclic) bond motifs is 1. The highest BCUT2D eigenvalue weighted by atomic mass is 127. The number of guanidine groups is 1. The number of aliphatic imine (C=N–C) groups is 1. The van der Waals surface area contributed by atoms with Crippen molar-refractivity contribution in [2.75, 3.05) is 20.7 Å². The fraction of sp³-hybridized carbons (Fsp3) is 0.273. The summed E-state index contributed by atoms with van der Waals surface area (Å²) in [5.74, 6) is 1.73. The maximum absolute atomic E-state index is 5.23. The van der Waals surface area contributed by atoms with E-state index in [-0.39, 0.29) is 24.0 Å². The molecule has 3 rings (SSSR count). The molecular weight excluding hydrogens is 463 g/mol. The highest BCUT2D eigenvalue weighted by Crippen LogP contribution is 2.17. The third kappa shape index (κ3) is 5.58. The van der Waals surface area contributed by atoms with Crippen molar-refractivity contribution < 1.29 is 4.74 Å². The van der Waals surface area contributed by atoms with Crippen molar-refractivity contribution in [2.24, 2.45) is 4.99 Å². The first-order chi connectivity index (χ1) is 13.2. The topological polar surface area (TPSA) is 49.8 Å². The quantitative estimate of drug-likeness (QED) is 0.315. The van der Waals surface area contributed by atoms with Crippen molar-refractivity contribution in [1.29, 1.82) is 0 Å². The lowest BCUT2D eigenvalue weighted by Crippen LogP contribution is -2.38. The lowest BCUT2D eigenvalue weighted by atomic mass is 10.1. The van der Waals surface area contributed by atoms with Crippen LogP contribution in [0.4, 0.5) is 0 Å². The van der Waals surface area contributed by atoms with Crippen LogP contribution in [0.5, 0.6) is 5.75 Å². The first kappa shape index (κ1) is 21.9. The molecule has 3 aromatic rings. The van der Waals surface area contributed by atoms with E-state index in [1.165, 1.54) is 10.9 Å². The number of aromatic nitrogens is 1. The van der Waals surface area contributed by atoms with E-state index in [2.05, 4.69) is 46.4 Å². The molecule has 5 nitrogen and oxygen atoms in total.